The second-order valence-electron chi connectivity index (χ2n) is 11.5. The van der Waals surface area contributed by atoms with Crippen molar-refractivity contribution >= 4 is 22.5 Å². The highest BCUT2D eigenvalue weighted by Crippen LogP contribution is 2.41. The number of ketones is 1. The fraction of sp³-hybridized carbons (Fsp3) is 0.286. The Kier molecular flexibility index (Phi) is 7.47. The highest BCUT2D eigenvalue weighted by Gasteiger charge is 2.40. The number of nitrogens with one attached hydrogen (secondary N) is 1. The molecule has 2 aromatic heterocycles. The Morgan fingerprint density at radius 1 is 1.00 bits per heavy atom. The summed E-state index contributed by atoms with van der Waals surface area (Å²) in [5.74, 6) is -0.0626. The van der Waals surface area contributed by atoms with Crippen LogP contribution in [0.15, 0.2) is 89.1 Å². The van der Waals surface area contributed by atoms with Gasteiger partial charge in [0.05, 0.1) is 29.3 Å². The molecule has 9 heteroatoms. The van der Waals surface area contributed by atoms with Crippen LogP contribution in [0.2, 0.25) is 0 Å². The number of hydrogen-bond acceptors (Lipinski definition) is 7. The average molecular weight is 589 g/mol. The number of azo groups is 1. The van der Waals surface area contributed by atoms with Crippen molar-refractivity contribution in [2.45, 2.75) is 37.6 Å². The molecular formula is C35H33FN6O2. The minimum atomic E-state index is -1.03. The van der Waals surface area contributed by atoms with Crippen molar-refractivity contribution in [3.05, 3.63) is 107 Å². The van der Waals surface area contributed by atoms with Crippen molar-refractivity contribution in [3.8, 4) is 17.0 Å². The van der Waals surface area contributed by atoms with Gasteiger partial charge in [0.25, 0.3) is 0 Å². The maximum Gasteiger partial charge on any atom is 0.210 e. The summed E-state index contributed by atoms with van der Waals surface area (Å²) in [4.78, 5) is 29.5. The number of carbonyl (C=O) groups is 1. The number of aromatic amines is 1. The lowest BCUT2D eigenvalue weighted by Crippen LogP contribution is -2.31. The van der Waals surface area contributed by atoms with Crippen LogP contribution in [-0.4, -0.2) is 58.4 Å². The average Bonchev–Trinajstić information content (AvgIpc) is 3.48. The van der Waals surface area contributed by atoms with Crippen molar-refractivity contribution < 1.29 is 13.9 Å². The molecule has 0 radical (unpaired) electrons. The summed E-state index contributed by atoms with van der Waals surface area (Å²) in [5.41, 5.74) is 5.57. The number of carbonyl (C=O) groups excluding carboxylic acids is 1. The van der Waals surface area contributed by atoms with E-state index in [9.17, 15) is 9.18 Å². The topological polar surface area (TPSA) is 95.8 Å². The monoisotopic (exact) mass is 588 g/mol. The third-order valence-electron chi connectivity index (χ3n) is 8.69. The molecule has 2 atom stereocenters. The first kappa shape index (κ1) is 28.0. The number of ether oxygens (including phenoxy) is 1. The number of piperidine rings is 1. The molecule has 8 nitrogen and oxygen atoms in total. The molecule has 2 unspecified atom stereocenters. The molecule has 1 saturated heterocycles. The summed E-state index contributed by atoms with van der Waals surface area (Å²) < 4.78 is 20.6. The molecule has 7 rings (SSSR count). The van der Waals surface area contributed by atoms with E-state index in [-0.39, 0.29) is 11.5 Å². The van der Waals surface area contributed by atoms with Gasteiger partial charge in [-0.3, -0.25) is 4.79 Å². The standard InChI is InChI=1S/C35H33FN6O2/c1-3-44-30-15-12-24(36)20-25(30)31(35-38-27-6-4-5-7-28(27)39-35)33-34(43)32-29(40-41-33)14-13-26(37-32)23-10-8-21(9-11-23)22-16-18-42(2)19-17-22/h4-15,20,22,31,33H,3,16-19H2,1-2H3,(H,38,39). The molecule has 4 heterocycles. The highest BCUT2D eigenvalue weighted by atomic mass is 19.1. The number of rotatable bonds is 7. The smallest absolute Gasteiger partial charge is 0.210 e. The molecular weight excluding hydrogens is 555 g/mol. The predicted octanol–water partition coefficient (Wildman–Crippen LogP) is 7.45. The SMILES string of the molecule is CCOc1ccc(F)cc1C(c1nc2ccccc2[nH]1)C1N=Nc2ccc(-c3ccc(C4CCN(C)CC4)cc3)nc2C1=O. The molecule has 222 valence electrons. The van der Waals surface area contributed by atoms with E-state index in [1.807, 2.05) is 37.3 Å². The third kappa shape index (κ3) is 5.28. The van der Waals surface area contributed by atoms with Gasteiger partial charge in [-0.25, -0.2) is 14.4 Å². The molecule has 44 heavy (non-hydrogen) atoms. The van der Waals surface area contributed by atoms with Crippen LogP contribution in [0.5, 0.6) is 5.75 Å². The number of fused-ring (bicyclic) bond motifs is 2. The third-order valence-corrected chi connectivity index (χ3v) is 8.69. The van der Waals surface area contributed by atoms with E-state index in [1.54, 1.807) is 12.1 Å². The summed E-state index contributed by atoms with van der Waals surface area (Å²) in [6.07, 6.45) is 2.30. The maximum absolute atomic E-state index is 14.7. The van der Waals surface area contributed by atoms with E-state index in [2.05, 4.69) is 51.4 Å². The van der Waals surface area contributed by atoms with Gasteiger partial charge < -0.3 is 14.6 Å². The number of Topliss-reactive ketones (excluding diaryl/α,β-unsaturated/α-hetero) is 1. The number of nitrogens with zero attached hydrogens (tertiary/aromatic N) is 5. The highest BCUT2D eigenvalue weighted by molar-refractivity contribution is 6.04. The Bertz CT molecular complexity index is 1830. The molecule has 1 fully saturated rings. The molecule has 1 N–H and O–H groups in total. The van der Waals surface area contributed by atoms with E-state index >= 15 is 0 Å². The maximum atomic E-state index is 14.7. The summed E-state index contributed by atoms with van der Waals surface area (Å²) in [6, 6.07) is 23.0. The van der Waals surface area contributed by atoms with Crippen LogP contribution in [0.1, 0.15) is 59.0 Å². The van der Waals surface area contributed by atoms with E-state index in [0.29, 0.717) is 41.0 Å². The first-order chi connectivity index (χ1) is 21.5. The van der Waals surface area contributed by atoms with Gasteiger partial charge >= 0.3 is 0 Å². The van der Waals surface area contributed by atoms with Gasteiger partial charge in [0.15, 0.2) is 0 Å². The zero-order valence-electron chi connectivity index (χ0n) is 24.7. The number of halogens is 1. The molecule has 3 aromatic carbocycles. The first-order valence-electron chi connectivity index (χ1n) is 15.1. The minimum absolute atomic E-state index is 0.234. The van der Waals surface area contributed by atoms with Crippen LogP contribution in [0.25, 0.3) is 22.3 Å². The lowest BCUT2D eigenvalue weighted by atomic mass is 9.86. The summed E-state index contributed by atoms with van der Waals surface area (Å²) in [5, 5.41) is 8.90. The van der Waals surface area contributed by atoms with Gasteiger partial charge in [-0.05, 0) is 93.8 Å². The first-order valence-corrected chi connectivity index (χ1v) is 15.1. The van der Waals surface area contributed by atoms with Crippen molar-refractivity contribution in [1.82, 2.24) is 19.9 Å². The summed E-state index contributed by atoms with van der Waals surface area (Å²) >= 11 is 0. The fourth-order valence-electron chi connectivity index (χ4n) is 6.31. The Morgan fingerprint density at radius 3 is 2.57 bits per heavy atom. The Labute approximate surface area is 255 Å². The molecule has 5 aromatic rings. The Balaban J connectivity index is 1.25. The molecule has 0 amide bonds. The summed E-state index contributed by atoms with van der Waals surface area (Å²) in [7, 11) is 2.17. The van der Waals surface area contributed by atoms with Crippen LogP contribution in [0.4, 0.5) is 10.1 Å². The number of para-hydroxylation sites is 2. The quantitative estimate of drug-likeness (QED) is 0.213. The summed E-state index contributed by atoms with van der Waals surface area (Å²) in [6.45, 7) is 4.44. The van der Waals surface area contributed by atoms with E-state index in [0.717, 1.165) is 42.5 Å². The van der Waals surface area contributed by atoms with Gasteiger partial charge in [-0.1, -0.05) is 36.4 Å². The van der Waals surface area contributed by atoms with Crippen LogP contribution < -0.4 is 4.74 Å². The molecule has 0 spiro atoms. The second kappa shape index (κ2) is 11.7. The fourth-order valence-corrected chi connectivity index (χ4v) is 6.31. The zero-order valence-corrected chi connectivity index (χ0v) is 24.7. The van der Waals surface area contributed by atoms with Crippen LogP contribution in [-0.2, 0) is 0 Å². The van der Waals surface area contributed by atoms with Crippen molar-refractivity contribution in [2.24, 2.45) is 10.2 Å². The normalized spacial score (nSPS) is 18.0. The number of aromatic nitrogens is 3. The van der Waals surface area contributed by atoms with E-state index in [1.165, 1.54) is 17.7 Å². The molecule has 2 aliphatic rings. The predicted molar refractivity (Wildman–Crippen MR) is 167 cm³/mol. The van der Waals surface area contributed by atoms with E-state index < -0.39 is 17.8 Å². The van der Waals surface area contributed by atoms with Crippen molar-refractivity contribution in [3.63, 3.8) is 0 Å². The number of likely N-dealkylation sites (tertiary alicyclic amines) is 1. The van der Waals surface area contributed by atoms with Gasteiger partial charge in [0.1, 0.15) is 34.8 Å². The van der Waals surface area contributed by atoms with Crippen molar-refractivity contribution in [1.29, 1.82) is 0 Å². The van der Waals surface area contributed by atoms with Gasteiger partial charge in [0.2, 0.25) is 5.78 Å². The number of imidazole rings is 1. The molecule has 0 saturated carbocycles. The number of benzene rings is 3. The van der Waals surface area contributed by atoms with Gasteiger partial charge in [-0.15, -0.1) is 0 Å². The Hall–Kier alpha value is -4.76. The minimum Gasteiger partial charge on any atom is -0.494 e. The number of pyridine rings is 1. The van der Waals surface area contributed by atoms with Crippen LogP contribution in [0.3, 0.4) is 0 Å². The Morgan fingerprint density at radius 2 is 1.80 bits per heavy atom. The molecule has 0 bridgehead atoms. The van der Waals surface area contributed by atoms with Crippen molar-refractivity contribution in [2.75, 3.05) is 26.7 Å². The number of H-pyrrole nitrogens is 1. The van der Waals surface area contributed by atoms with Gasteiger partial charge in [-0.2, -0.15) is 10.2 Å². The molecule has 2 aliphatic heterocycles. The lowest BCUT2D eigenvalue weighted by Gasteiger charge is -2.29. The number of hydrogen-bond donors (Lipinski definition) is 1. The van der Waals surface area contributed by atoms with Crippen LogP contribution in [0, 0.1) is 5.82 Å². The van der Waals surface area contributed by atoms with E-state index in [4.69, 9.17) is 14.7 Å². The van der Waals surface area contributed by atoms with Crippen LogP contribution >= 0.6 is 0 Å². The lowest BCUT2D eigenvalue weighted by molar-refractivity contribution is 0.0941. The molecule has 0 aliphatic carbocycles. The van der Waals surface area contributed by atoms with Gasteiger partial charge in [0, 0.05) is 11.1 Å². The second-order valence-corrected chi connectivity index (χ2v) is 11.5. The largest absolute Gasteiger partial charge is 0.494 e. The zero-order chi connectivity index (χ0) is 30.2.